The zero-order chi connectivity index (χ0) is 9.14. The summed E-state index contributed by atoms with van der Waals surface area (Å²) < 4.78 is 12.4. The van der Waals surface area contributed by atoms with Crippen LogP contribution in [0.15, 0.2) is 36.7 Å². The number of ketones is 1. The Kier molecular flexibility index (Phi) is 2.38. The van der Waals surface area contributed by atoms with Crippen LogP contribution >= 0.6 is 0 Å². The summed E-state index contributed by atoms with van der Waals surface area (Å²) in [5, 5.41) is 0. The van der Waals surface area contributed by atoms with Gasteiger partial charge in [-0.15, -0.1) is 0 Å². The van der Waals surface area contributed by atoms with E-state index in [0.717, 1.165) is 5.56 Å². The van der Waals surface area contributed by atoms with E-state index < -0.39 is 11.6 Å². The van der Waals surface area contributed by atoms with Gasteiger partial charge in [-0.3, -0.25) is 4.79 Å². The molecule has 0 unspecified atom stereocenters. The highest BCUT2D eigenvalue weighted by atomic mass is 19.1. The van der Waals surface area contributed by atoms with Gasteiger partial charge in [-0.2, -0.15) is 0 Å². The van der Waals surface area contributed by atoms with E-state index in [0.29, 0.717) is 5.56 Å². The van der Waals surface area contributed by atoms with E-state index in [4.69, 9.17) is 0 Å². The number of halogens is 1. The lowest BCUT2D eigenvalue weighted by Gasteiger charge is -1.97. The molecule has 0 aliphatic heterocycles. The lowest BCUT2D eigenvalue weighted by atomic mass is 10.1. The van der Waals surface area contributed by atoms with E-state index >= 15 is 0 Å². The normalized spacial score (nSPS) is 9.50. The van der Waals surface area contributed by atoms with Crippen molar-refractivity contribution in [1.29, 1.82) is 0 Å². The first-order chi connectivity index (χ1) is 5.61. The number of hydrogen-bond acceptors (Lipinski definition) is 1. The van der Waals surface area contributed by atoms with Crippen LogP contribution in [-0.2, 0) is 0 Å². The third kappa shape index (κ3) is 1.78. The molecule has 0 aliphatic carbocycles. The van der Waals surface area contributed by atoms with E-state index in [1.54, 1.807) is 18.2 Å². The SMILES string of the molecule is C=C(F)C(=O)c1cccc(C)c1. The van der Waals surface area contributed by atoms with Crippen molar-refractivity contribution in [3.63, 3.8) is 0 Å². The highest BCUT2D eigenvalue weighted by Gasteiger charge is 2.08. The summed E-state index contributed by atoms with van der Waals surface area (Å²) in [5.41, 5.74) is 1.28. The van der Waals surface area contributed by atoms with Crippen LogP contribution in [0.2, 0.25) is 0 Å². The van der Waals surface area contributed by atoms with Gasteiger partial charge in [0.2, 0.25) is 5.78 Å². The fourth-order valence-electron chi connectivity index (χ4n) is 0.943. The van der Waals surface area contributed by atoms with Gasteiger partial charge in [0.15, 0.2) is 5.83 Å². The Bertz CT molecular complexity index is 328. The molecule has 2 heteroatoms. The highest BCUT2D eigenvalue weighted by Crippen LogP contribution is 2.09. The molecule has 0 saturated heterocycles. The molecule has 0 atom stereocenters. The van der Waals surface area contributed by atoms with Crippen molar-refractivity contribution in [2.75, 3.05) is 0 Å². The summed E-state index contributed by atoms with van der Waals surface area (Å²) in [6.07, 6.45) is 0. The summed E-state index contributed by atoms with van der Waals surface area (Å²) in [7, 11) is 0. The molecule has 0 saturated carbocycles. The number of rotatable bonds is 2. The number of hydrogen-bond donors (Lipinski definition) is 0. The molecule has 0 aromatic heterocycles. The summed E-state index contributed by atoms with van der Waals surface area (Å²) in [5.74, 6) is -1.56. The highest BCUT2D eigenvalue weighted by molar-refractivity contribution is 6.06. The zero-order valence-electron chi connectivity index (χ0n) is 6.80. The molecular formula is C10H9FO. The predicted molar refractivity (Wildman–Crippen MR) is 45.8 cm³/mol. The first kappa shape index (κ1) is 8.65. The van der Waals surface area contributed by atoms with Gasteiger partial charge >= 0.3 is 0 Å². The lowest BCUT2D eigenvalue weighted by Crippen LogP contribution is -1.98. The third-order valence-electron chi connectivity index (χ3n) is 1.53. The zero-order valence-corrected chi connectivity index (χ0v) is 6.80. The van der Waals surface area contributed by atoms with Crippen molar-refractivity contribution in [3.8, 4) is 0 Å². The number of carbonyl (C=O) groups excluding carboxylic acids is 1. The second kappa shape index (κ2) is 3.30. The first-order valence-electron chi connectivity index (χ1n) is 3.57. The molecule has 12 heavy (non-hydrogen) atoms. The Balaban J connectivity index is 3.04. The maximum Gasteiger partial charge on any atom is 0.220 e. The Labute approximate surface area is 70.5 Å². The molecule has 1 aromatic rings. The maximum atomic E-state index is 12.4. The van der Waals surface area contributed by atoms with Gasteiger partial charge in [-0.1, -0.05) is 30.3 Å². The van der Waals surface area contributed by atoms with Gasteiger partial charge in [0.1, 0.15) is 0 Å². The molecule has 0 N–H and O–H groups in total. The fraction of sp³-hybridized carbons (Fsp3) is 0.100. The van der Waals surface area contributed by atoms with Crippen molar-refractivity contribution in [3.05, 3.63) is 47.8 Å². The topological polar surface area (TPSA) is 17.1 Å². The molecule has 0 heterocycles. The van der Waals surface area contributed by atoms with Crippen LogP contribution in [-0.4, -0.2) is 5.78 Å². The van der Waals surface area contributed by atoms with Gasteiger partial charge in [0.25, 0.3) is 0 Å². The summed E-state index contributed by atoms with van der Waals surface area (Å²) >= 11 is 0. The molecule has 0 bridgehead atoms. The Morgan fingerprint density at radius 1 is 1.50 bits per heavy atom. The number of carbonyl (C=O) groups is 1. The van der Waals surface area contributed by atoms with Gasteiger partial charge in [-0.25, -0.2) is 4.39 Å². The quantitative estimate of drug-likeness (QED) is 0.485. The Morgan fingerprint density at radius 3 is 2.67 bits per heavy atom. The van der Waals surface area contributed by atoms with E-state index in [9.17, 15) is 9.18 Å². The number of benzene rings is 1. The average molecular weight is 164 g/mol. The van der Waals surface area contributed by atoms with E-state index in [2.05, 4.69) is 6.58 Å². The standard InChI is InChI=1S/C10H9FO/c1-7-4-3-5-9(6-7)10(12)8(2)11/h3-6H,2H2,1H3. The van der Waals surface area contributed by atoms with E-state index in [-0.39, 0.29) is 0 Å². The van der Waals surface area contributed by atoms with Gasteiger partial charge in [0, 0.05) is 5.56 Å². The summed E-state index contributed by atoms with van der Waals surface area (Å²) in [6.45, 7) is 4.79. The molecular weight excluding hydrogens is 155 g/mol. The van der Waals surface area contributed by atoms with Crippen LogP contribution in [0.4, 0.5) is 4.39 Å². The number of aryl methyl sites for hydroxylation is 1. The molecule has 62 valence electrons. The van der Waals surface area contributed by atoms with Crippen LogP contribution in [0.5, 0.6) is 0 Å². The molecule has 1 aromatic carbocycles. The Morgan fingerprint density at radius 2 is 2.17 bits per heavy atom. The minimum atomic E-state index is -0.916. The van der Waals surface area contributed by atoms with Crippen LogP contribution in [0, 0.1) is 6.92 Å². The van der Waals surface area contributed by atoms with Gasteiger partial charge < -0.3 is 0 Å². The van der Waals surface area contributed by atoms with Gasteiger partial charge in [0.05, 0.1) is 0 Å². The maximum absolute atomic E-state index is 12.4. The van der Waals surface area contributed by atoms with Crippen molar-refractivity contribution in [2.24, 2.45) is 0 Å². The van der Waals surface area contributed by atoms with Crippen LogP contribution < -0.4 is 0 Å². The summed E-state index contributed by atoms with van der Waals surface area (Å²) in [6, 6.07) is 6.76. The van der Waals surface area contributed by atoms with Crippen LogP contribution in [0.25, 0.3) is 0 Å². The van der Waals surface area contributed by atoms with Crippen molar-refractivity contribution in [2.45, 2.75) is 6.92 Å². The summed E-state index contributed by atoms with van der Waals surface area (Å²) in [4.78, 5) is 11.0. The monoisotopic (exact) mass is 164 g/mol. The second-order valence-electron chi connectivity index (χ2n) is 2.60. The first-order valence-corrected chi connectivity index (χ1v) is 3.57. The van der Waals surface area contributed by atoms with Gasteiger partial charge in [-0.05, 0) is 13.0 Å². The van der Waals surface area contributed by atoms with Crippen molar-refractivity contribution in [1.82, 2.24) is 0 Å². The molecule has 0 aliphatic rings. The molecule has 0 fully saturated rings. The lowest BCUT2D eigenvalue weighted by molar-refractivity contribution is 0.100. The molecule has 0 radical (unpaired) electrons. The molecule has 1 rings (SSSR count). The van der Waals surface area contributed by atoms with Crippen LogP contribution in [0.1, 0.15) is 15.9 Å². The molecule has 0 amide bonds. The number of Topliss-reactive ketones (excluding diaryl/α,β-unsaturated/α-hetero) is 1. The predicted octanol–water partition coefficient (Wildman–Crippen LogP) is 2.66. The van der Waals surface area contributed by atoms with Crippen LogP contribution in [0.3, 0.4) is 0 Å². The third-order valence-corrected chi connectivity index (χ3v) is 1.53. The van der Waals surface area contributed by atoms with Crippen molar-refractivity contribution < 1.29 is 9.18 Å². The Hall–Kier alpha value is -1.44. The van der Waals surface area contributed by atoms with E-state index in [1.165, 1.54) is 0 Å². The largest absolute Gasteiger partial charge is 0.286 e. The minimum absolute atomic E-state index is 0.350. The minimum Gasteiger partial charge on any atom is -0.286 e. The van der Waals surface area contributed by atoms with Crippen molar-refractivity contribution >= 4 is 5.78 Å². The smallest absolute Gasteiger partial charge is 0.220 e. The van der Waals surface area contributed by atoms with E-state index in [1.807, 2.05) is 13.0 Å². The fourth-order valence-corrected chi connectivity index (χ4v) is 0.943. The average Bonchev–Trinajstić information content (AvgIpc) is 2.03. The second-order valence-corrected chi connectivity index (χ2v) is 2.60. The molecule has 0 spiro atoms. The molecule has 1 nitrogen and oxygen atoms in total. The number of allylic oxidation sites excluding steroid dienone is 1.